The second-order valence-corrected chi connectivity index (χ2v) is 7.64. The molecular formula is C16H13ClN4O3S. The molecule has 0 bridgehead atoms. The monoisotopic (exact) mass is 376 g/mol. The van der Waals surface area contributed by atoms with E-state index in [2.05, 4.69) is 14.8 Å². The Morgan fingerprint density at radius 3 is 2.84 bits per heavy atom. The van der Waals surface area contributed by atoms with Crippen molar-refractivity contribution < 1.29 is 12.8 Å². The number of halogens is 1. The molecule has 0 aliphatic carbocycles. The number of hydrogen-bond acceptors (Lipinski definition) is 5. The van der Waals surface area contributed by atoms with E-state index in [0.29, 0.717) is 38.3 Å². The van der Waals surface area contributed by atoms with Crippen LogP contribution in [0.4, 0.5) is 5.69 Å². The van der Waals surface area contributed by atoms with E-state index < -0.39 is 10.0 Å². The summed E-state index contributed by atoms with van der Waals surface area (Å²) in [5.41, 5.74) is 1.93. The number of furan rings is 1. The molecule has 0 radical (unpaired) electrons. The summed E-state index contributed by atoms with van der Waals surface area (Å²) in [6.07, 6.45) is 3.08. The largest absolute Gasteiger partial charge is 0.442 e. The Balaban J connectivity index is 1.83. The number of aryl methyl sites for hydroxylation is 2. The summed E-state index contributed by atoms with van der Waals surface area (Å²) in [6.45, 7) is 1.68. The molecule has 0 fully saturated rings. The highest BCUT2D eigenvalue weighted by Crippen LogP contribution is 2.32. The zero-order valence-electron chi connectivity index (χ0n) is 13.3. The maximum absolute atomic E-state index is 12.8. The molecule has 0 aliphatic rings. The van der Waals surface area contributed by atoms with Crippen LogP contribution in [-0.2, 0) is 17.1 Å². The summed E-state index contributed by atoms with van der Waals surface area (Å²) >= 11 is 5.99. The Hall–Kier alpha value is -2.58. The van der Waals surface area contributed by atoms with E-state index in [4.69, 9.17) is 16.0 Å². The molecule has 0 aliphatic heterocycles. The number of fused-ring (bicyclic) bond motifs is 2. The van der Waals surface area contributed by atoms with Crippen molar-refractivity contribution in [3.05, 3.63) is 47.2 Å². The fourth-order valence-corrected chi connectivity index (χ4v) is 4.20. The van der Waals surface area contributed by atoms with E-state index in [9.17, 15) is 8.42 Å². The summed E-state index contributed by atoms with van der Waals surface area (Å²) in [6, 6.07) is 6.56. The molecule has 3 heterocycles. The Bertz CT molecular complexity index is 1230. The Morgan fingerprint density at radius 1 is 1.24 bits per heavy atom. The van der Waals surface area contributed by atoms with Crippen molar-refractivity contribution in [2.45, 2.75) is 12.0 Å². The molecule has 0 saturated heterocycles. The van der Waals surface area contributed by atoms with Crippen molar-refractivity contribution in [1.82, 2.24) is 14.8 Å². The van der Waals surface area contributed by atoms with E-state index in [1.807, 2.05) is 0 Å². The van der Waals surface area contributed by atoms with Crippen molar-refractivity contribution in [1.29, 1.82) is 0 Å². The third-order valence-corrected chi connectivity index (χ3v) is 5.58. The second-order valence-electron chi connectivity index (χ2n) is 5.62. The van der Waals surface area contributed by atoms with Gasteiger partial charge in [-0.2, -0.15) is 13.5 Å². The molecule has 4 aromatic rings. The molecule has 0 spiro atoms. The van der Waals surface area contributed by atoms with Crippen LogP contribution >= 0.6 is 11.6 Å². The van der Waals surface area contributed by atoms with Gasteiger partial charge in [0.05, 0.1) is 17.3 Å². The number of nitrogens with one attached hydrogen (secondary N) is 1. The molecule has 3 aromatic heterocycles. The van der Waals surface area contributed by atoms with Crippen LogP contribution in [-0.4, -0.2) is 23.2 Å². The molecule has 25 heavy (non-hydrogen) atoms. The normalized spacial score (nSPS) is 12.1. The third kappa shape index (κ3) is 2.54. The molecular weight excluding hydrogens is 364 g/mol. The van der Waals surface area contributed by atoms with Gasteiger partial charge in [0.25, 0.3) is 10.0 Å². The van der Waals surface area contributed by atoms with E-state index >= 15 is 0 Å². The summed E-state index contributed by atoms with van der Waals surface area (Å²) in [7, 11) is -2.19. The molecule has 0 atom stereocenters. The minimum absolute atomic E-state index is 0.140. The predicted octanol–water partition coefficient (Wildman–Crippen LogP) is 3.48. The Labute approximate surface area is 148 Å². The first-order chi connectivity index (χ1) is 11.9. The lowest BCUT2D eigenvalue weighted by Crippen LogP contribution is -2.13. The molecule has 1 aromatic carbocycles. The lowest BCUT2D eigenvalue weighted by molar-refractivity contribution is 0.480. The smallest absolute Gasteiger partial charge is 0.295 e. The summed E-state index contributed by atoms with van der Waals surface area (Å²) in [4.78, 5) is 4.19. The van der Waals surface area contributed by atoms with Crippen LogP contribution < -0.4 is 4.72 Å². The number of anilines is 1. The van der Waals surface area contributed by atoms with Crippen LogP contribution in [0.5, 0.6) is 0 Å². The zero-order chi connectivity index (χ0) is 17.8. The summed E-state index contributed by atoms with van der Waals surface area (Å²) in [5.74, 6) is 0. The number of nitrogens with zero attached hydrogens (tertiary/aromatic N) is 3. The summed E-state index contributed by atoms with van der Waals surface area (Å²) in [5, 5.41) is 5.74. The molecule has 1 N–H and O–H groups in total. The van der Waals surface area contributed by atoms with Crippen LogP contribution in [0, 0.1) is 6.92 Å². The molecule has 7 nitrogen and oxygen atoms in total. The quantitative estimate of drug-likeness (QED) is 0.591. The number of hydrogen-bond donors (Lipinski definition) is 1. The van der Waals surface area contributed by atoms with Crippen LogP contribution in [0.25, 0.3) is 22.0 Å². The molecule has 128 valence electrons. The maximum atomic E-state index is 12.8. The first kappa shape index (κ1) is 15.9. The van der Waals surface area contributed by atoms with Crippen LogP contribution in [0.15, 0.2) is 46.2 Å². The maximum Gasteiger partial charge on any atom is 0.295 e. The zero-order valence-corrected chi connectivity index (χ0v) is 14.9. The third-order valence-electron chi connectivity index (χ3n) is 3.98. The number of aromatic nitrogens is 3. The van der Waals surface area contributed by atoms with Gasteiger partial charge in [0.2, 0.25) is 5.09 Å². The average Bonchev–Trinajstić information content (AvgIpc) is 3.10. The van der Waals surface area contributed by atoms with Crippen molar-refractivity contribution >= 4 is 49.3 Å². The van der Waals surface area contributed by atoms with Gasteiger partial charge in [0, 0.05) is 29.2 Å². The Morgan fingerprint density at radius 2 is 2.04 bits per heavy atom. The molecule has 0 amide bonds. The van der Waals surface area contributed by atoms with Gasteiger partial charge >= 0.3 is 0 Å². The van der Waals surface area contributed by atoms with Gasteiger partial charge in [-0.05, 0) is 31.2 Å². The van der Waals surface area contributed by atoms with Gasteiger partial charge < -0.3 is 4.42 Å². The van der Waals surface area contributed by atoms with E-state index in [1.54, 1.807) is 49.1 Å². The van der Waals surface area contributed by atoms with Gasteiger partial charge in [-0.15, -0.1) is 0 Å². The molecule has 0 unspecified atom stereocenters. The van der Waals surface area contributed by atoms with Gasteiger partial charge in [0.15, 0.2) is 5.65 Å². The molecule has 0 saturated carbocycles. The minimum Gasteiger partial charge on any atom is -0.442 e. The number of benzene rings is 1. The molecule has 9 heteroatoms. The lowest BCUT2D eigenvalue weighted by atomic mass is 10.2. The van der Waals surface area contributed by atoms with Crippen molar-refractivity contribution in [2.24, 2.45) is 7.05 Å². The van der Waals surface area contributed by atoms with Gasteiger partial charge in [-0.3, -0.25) is 9.40 Å². The number of pyridine rings is 1. The average molecular weight is 377 g/mol. The fraction of sp³-hybridized carbons (Fsp3) is 0.125. The number of sulfonamides is 1. The van der Waals surface area contributed by atoms with E-state index in [-0.39, 0.29) is 5.09 Å². The first-order valence-electron chi connectivity index (χ1n) is 7.35. The van der Waals surface area contributed by atoms with Gasteiger partial charge in [-0.1, -0.05) is 11.6 Å². The van der Waals surface area contributed by atoms with Crippen molar-refractivity contribution in [2.75, 3.05) is 4.72 Å². The van der Waals surface area contributed by atoms with E-state index in [0.717, 1.165) is 0 Å². The lowest BCUT2D eigenvalue weighted by Gasteiger charge is -2.07. The highest BCUT2D eigenvalue weighted by atomic mass is 35.5. The SMILES string of the molecule is Cc1c(S(=O)(=O)Nc2ccnc3c2cnn3C)oc2ccc(Cl)cc12. The van der Waals surface area contributed by atoms with Crippen LogP contribution in [0.1, 0.15) is 5.56 Å². The van der Waals surface area contributed by atoms with E-state index in [1.165, 1.54) is 6.20 Å². The van der Waals surface area contributed by atoms with Crippen molar-refractivity contribution in [3.8, 4) is 0 Å². The standard InChI is InChI=1S/C16H13ClN4O3S/c1-9-11-7-10(17)3-4-14(11)24-16(9)25(22,23)20-13-5-6-18-15-12(13)8-19-21(15)2/h3-8H,1-2H3,(H,18,20). The van der Waals surface area contributed by atoms with Crippen LogP contribution in [0.3, 0.4) is 0 Å². The topological polar surface area (TPSA) is 90.0 Å². The first-order valence-corrected chi connectivity index (χ1v) is 9.21. The van der Waals surface area contributed by atoms with Gasteiger partial charge in [-0.25, -0.2) is 4.98 Å². The van der Waals surface area contributed by atoms with Crippen molar-refractivity contribution in [3.63, 3.8) is 0 Å². The number of rotatable bonds is 3. The second kappa shape index (κ2) is 5.47. The Kier molecular flexibility index (Phi) is 3.48. The minimum atomic E-state index is -3.93. The molecule has 4 rings (SSSR count). The summed E-state index contributed by atoms with van der Waals surface area (Å²) < 4.78 is 35.4. The van der Waals surface area contributed by atoms with Gasteiger partial charge in [0.1, 0.15) is 5.58 Å². The van der Waals surface area contributed by atoms with Crippen LogP contribution in [0.2, 0.25) is 5.02 Å². The predicted molar refractivity (Wildman–Crippen MR) is 95.3 cm³/mol. The highest BCUT2D eigenvalue weighted by molar-refractivity contribution is 7.92. The fourth-order valence-electron chi connectivity index (χ4n) is 2.75. The highest BCUT2D eigenvalue weighted by Gasteiger charge is 2.25.